The molecule has 0 unspecified atom stereocenters. The Bertz CT molecular complexity index is 250. The molecule has 0 aliphatic heterocycles. The van der Waals surface area contributed by atoms with Gasteiger partial charge in [0.2, 0.25) is 0 Å². The zero-order valence-electron chi connectivity index (χ0n) is 5.15. The molecule has 1 aromatic rings. The lowest BCUT2D eigenvalue weighted by Gasteiger charge is -1.83. The van der Waals surface area contributed by atoms with Crippen LogP contribution in [0.2, 0.25) is 0 Å². The third-order valence-corrected chi connectivity index (χ3v) is 1.98. The van der Waals surface area contributed by atoms with Gasteiger partial charge in [-0.3, -0.25) is 4.79 Å². The summed E-state index contributed by atoms with van der Waals surface area (Å²) < 4.78 is 0. The van der Waals surface area contributed by atoms with Crippen molar-refractivity contribution in [3.05, 3.63) is 28.1 Å². The highest BCUT2D eigenvalue weighted by Gasteiger charge is 1.96. The van der Waals surface area contributed by atoms with Crippen molar-refractivity contribution in [3.63, 3.8) is 0 Å². The lowest BCUT2D eigenvalue weighted by molar-refractivity contribution is 0.112. The minimum Gasteiger partial charge on any atom is -0.516 e. The number of hydrogen-bond acceptors (Lipinski definition) is 3. The summed E-state index contributed by atoms with van der Waals surface area (Å²) in [6, 6.07) is 1.72. The lowest BCUT2D eigenvalue weighted by Crippen LogP contribution is -1.74. The van der Waals surface area contributed by atoms with E-state index in [0.29, 0.717) is 5.56 Å². The van der Waals surface area contributed by atoms with Crippen LogP contribution in [0.3, 0.4) is 0 Å². The first-order valence-corrected chi connectivity index (χ1v) is 3.60. The molecule has 52 valence electrons. The molecule has 0 aliphatic rings. The summed E-state index contributed by atoms with van der Waals surface area (Å²) >= 11 is 1.42. The van der Waals surface area contributed by atoms with E-state index in [1.165, 1.54) is 17.4 Å². The molecule has 0 saturated heterocycles. The highest BCUT2D eigenvalue weighted by atomic mass is 32.1. The summed E-state index contributed by atoms with van der Waals surface area (Å²) in [6.07, 6.45) is 3.19. The van der Waals surface area contributed by atoms with E-state index in [0.717, 1.165) is 17.4 Å². The molecule has 0 atom stereocenters. The quantitative estimate of drug-likeness (QED) is 0.523. The maximum Gasteiger partial charge on any atom is 0.151 e. The number of thiophene rings is 1. The van der Waals surface area contributed by atoms with E-state index in [1.807, 2.05) is 0 Å². The first-order chi connectivity index (χ1) is 4.88. The van der Waals surface area contributed by atoms with Gasteiger partial charge < -0.3 is 5.11 Å². The van der Waals surface area contributed by atoms with Gasteiger partial charge in [-0.25, -0.2) is 0 Å². The minimum absolute atomic E-state index is 0.621. The monoisotopic (exact) mass is 154 g/mol. The molecule has 0 radical (unpaired) electrons. The van der Waals surface area contributed by atoms with Gasteiger partial charge in [0.05, 0.1) is 6.26 Å². The second-order valence-electron chi connectivity index (χ2n) is 1.67. The predicted octanol–water partition coefficient (Wildman–Crippen LogP) is 2.09. The van der Waals surface area contributed by atoms with Gasteiger partial charge in [0.1, 0.15) is 0 Å². The van der Waals surface area contributed by atoms with Gasteiger partial charge in [-0.15, -0.1) is 11.3 Å². The molecular weight excluding hydrogens is 148 g/mol. The summed E-state index contributed by atoms with van der Waals surface area (Å²) in [5.41, 5.74) is 0.621. The van der Waals surface area contributed by atoms with Crippen LogP contribution in [0.15, 0.2) is 17.7 Å². The third-order valence-electron chi connectivity index (χ3n) is 1.08. The van der Waals surface area contributed by atoms with Crippen molar-refractivity contribution in [2.45, 2.75) is 0 Å². The first kappa shape index (κ1) is 7.02. The Hall–Kier alpha value is -1.09. The van der Waals surface area contributed by atoms with Crippen LogP contribution in [-0.2, 0) is 0 Å². The number of carbonyl (C=O) groups excluding carboxylic acids is 1. The van der Waals surface area contributed by atoms with E-state index in [-0.39, 0.29) is 0 Å². The third kappa shape index (κ3) is 1.25. The van der Waals surface area contributed by atoms with E-state index in [9.17, 15) is 4.79 Å². The summed E-state index contributed by atoms with van der Waals surface area (Å²) in [6.45, 7) is 0. The number of aliphatic hydroxyl groups excluding tert-OH is 1. The van der Waals surface area contributed by atoms with Crippen LogP contribution < -0.4 is 0 Å². The van der Waals surface area contributed by atoms with E-state index < -0.39 is 0 Å². The smallest absolute Gasteiger partial charge is 0.151 e. The maximum absolute atomic E-state index is 10.3. The van der Waals surface area contributed by atoms with Gasteiger partial charge in [0.15, 0.2) is 6.29 Å². The molecule has 2 nitrogen and oxygen atoms in total. The summed E-state index contributed by atoms with van der Waals surface area (Å²) in [5.74, 6) is 0. The van der Waals surface area contributed by atoms with Crippen molar-refractivity contribution in [2.75, 3.05) is 0 Å². The van der Waals surface area contributed by atoms with E-state index >= 15 is 0 Å². The molecule has 0 fully saturated rings. The van der Waals surface area contributed by atoms with Gasteiger partial charge in [-0.2, -0.15) is 0 Å². The number of hydrogen-bond donors (Lipinski definition) is 1. The highest BCUT2D eigenvalue weighted by molar-refractivity contribution is 7.11. The van der Waals surface area contributed by atoms with Gasteiger partial charge in [0.25, 0.3) is 0 Å². The lowest BCUT2D eigenvalue weighted by atomic mass is 10.3. The molecular formula is C7H6O2S. The fraction of sp³-hybridized carbons (Fsp3) is 0. The fourth-order valence-corrected chi connectivity index (χ4v) is 1.38. The van der Waals surface area contributed by atoms with Gasteiger partial charge in [-0.1, -0.05) is 0 Å². The average Bonchev–Trinajstić information content (AvgIpc) is 2.36. The topological polar surface area (TPSA) is 37.3 Å². The van der Waals surface area contributed by atoms with Crippen molar-refractivity contribution >= 4 is 23.7 Å². The number of carbonyl (C=O) groups is 1. The largest absolute Gasteiger partial charge is 0.516 e. The Labute approximate surface area is 62.4 Å². The van der Waals surface area contributed by atoms with Crippen molar-refractivity contribution in [3.8, 4) is 0 Å². The molecule has 0 spiro atoms. The molecule has 1 heterocycles. The molecule has 0 aliphatic carbocycles. The maximum atomic E-state index is 10.3. The molecule has 1 rings (SSSR count). The van der Waals surface area contributed by atoms with E-state index in [1.54, 1.807) is 11.4 Å². The Balaban J connectivity index is 3.00. The molecule has 1 N–H and O–H groups in total. The normalized spacial score (nSPS) is 10.4. The van der Waals surface area contributed by atoms with Crippen LogP contribution in [0.4, 0.5) is 0 Å². The fourth-order valence-electron chi connectivity index (χ4n) is 0.631. The highest BCUT2D eigenvalue weighted by Crippen LogP contribution is 2.15. The van der Waals surface area contributed by atoms with Gasteiger partial charge in [-0.05, 0) is 17.5 Å². The Kier molecular flexibility index (Phi) is 2.23. The Morgan fingerprint density at radius 1 is 1.60 bits per heavy atom. The van der Waals surface area contributed by atoms with Crippen molar-refractivity contribution in [1.82, 2.24) is 0 Å². The average molecular weight is 154 g/mol. The minimum atomic E-state index is 0.621. The molecule has 0 aromatic carbocycles. The molecule has 3 heteroatoms. The second kappa shape index (κ2) is 3.17. The van der Waals surface area contributed by atoms with Crippen LogP contribution in [0, 0.1) is 0 Å². The molecule has 1 aromatic heterocycles. The molecule has 10 heavy (non-hydrogen) atoms. The van der Waals surface area contributed by atoms with Crippen molar-refractivity contribution in [1.29, 1.82) is 0 Å². The summed E-state index contributed by atoms with van der Waals surface area (Å²) in [4.78, 5) is 11.0. The van der Waals surface area contributed by atoms with Crippen LogP contribution in [0.25, 0.3) is 6.08 Å². The second-order valence-corrected chi connectivity index (χ2v) is 2.62. The Morgan fingerprint density at radius 3 is 3.00 bits per heavy atom. The molecule has 0 bridgehead atoms. The standard InChI is InChI=1S/C7H6O2S/c8-3-1-7-6(5-9)2-4-10-7/h1-5,8H/b3-1+. The van der Waals surface area contributed by atoms with Crippen molar-refractivity contribution in [2.24, 2.45) is 0 Å². The number of rotatable bonds is 2. The van der Waals surface area contributed by atoms with Crippen LogP contribution in [-0.4, -0.2) is 11.4 Å². The number of aliphatic hydroxyl groups is 1. The van der Waals surface area contributed by atoms with E-state index in [4.69, 9.17) is 5.11 Å². The van der Waals surface area contributed by atoms with Gasteiger partial charge >= 0.3 is 0 Å². The van der Waals surface area contributed by atoms with Crippen LogP contribution in [0.5, 0.6) is 0 Å². The molecule has 0 saturated carbocycles. The first-order valence-electron chi connectivity index (χ1n) is 2.72. The zero-order chi connectivity index (χ0) is 7.40. The van der Waals surface area contributed by atoms with Crippen LogP contribution >= 0.6 is 11.3 Å². The SMILES string of the molecule is O=Cc1ccsc1/C=C/O. The Morgan fingerprint density at radius 2 is 2.40 bits per heavy atom. The number of aldehydes is 1. The van der Waals surface area contributed by atoms with Crippen molar-refractivity contribution < 1.29 is 9.90 Å². The summed E-state index contributed by atoms with van der Waals surface area (Å²) in [7, 11) is 0. The molecule has 0 amide bonds. The van der Waals surface area contributed by atoms with Gasteiger partial charge in [0, 0.05) is 10.4 Å². The predicted molar refractivity (Wildman–Crippen MR) is 41.4 cm³/mol. The van der Waals surface area contributed by atoms with E-state index in [2.05, 4.69) is 0 Å². The zero-order valence-corrected chi connectivity index (χ0v) is 5.97. The summed E-state index contributed by atoms with van der Waals surface area (Å²) in [5, 5.41) is 10.2. The van der Waals surface area contributed by atoms with Crippen LogP contribution in [0.1, 0.15) is 15.2 Å².